The van der Waals surface area contributed by atoms with E-state index in [1.807, 2.05) is 0 Å². The maximum Gasteiger partial charge on any atom is 0.460 e. The molecule has 0 spiro atoms. The van der Waals surface area contributed by atoms with E-state index in [0.717, 1.165) is 44.2 Å². The Morgan fingerprint density at radius 2 is 1.02 bits per heavy atom. The predicted molar refractivity (Wildman–Crippen MR) is 111 cm³/mol. The number of rotatable bonds is 11. The SMILES string of the molecule is CCC1CCC(CCc2ccc(C(=O)C(F)(F)C(F)(F)C(F)(F)C(F)(F)C(F)(F)C(F)(F)C(F)(F)F)cc2)CC1. The first kappa shape index (κ1) is 34.0. The van der Waals surface area contributed by atoms with Crippen molar-refractivity contribution in [2.75, 3.05) is 0 Å². The zero-order valence-corrected chi connectivity index (χ0v) is 20.5. The molecule has 230 valence electrons. The second kappa shape index (κ2) is 10.9. The van der Waals surface area contributed by atoms with Crippen LogP contribution in [0.15, 0.2) is 24.3 Å². The highest BCUT2D eigenvalue weighted by atomic mass is 19.4. The van der Waals surface area contributed by atoms with Gasteiger partial charge in [0.15, 0.2) is 0 Å². The zero-order valence-electron chi connectivity index (χ0n) is 20.5. The third-order valence-electron chi connectivity index (χ3n) is 7.21. The lowest BCUT2D eigenvalue weighted by molar-refractivity contribution is -0.449. The molecule has 1 nitrogen and oxygen atoms in total. The van der Waals surface area contributed by atoms with Gasteiger partial charge in [0.25, 0.3) is 0 Å². The quantitative estimate of drug-likeness (QED) is 0.180. The maximum absolute atomic E-state index is 14.2. The van der Waals surface area contributed by atoms with E-state index in [9.17, 15) is 70.7 Å². The molecule has 1 aromatic carbocycles. The summed E-state index contributed by atoms with van der Waals surface area (Å²) in [5.41, 5.74) is -1.08. The van der Waals surface area contributed by atoms with Crippen molar-refractivity contribution in [3.8, 4) is 0 Å². The molecule has 1 aromatic rings. The fourth-order valence-corrected chi connectivity index (χ4v) is 4.41. The molecule has 1 fully saturated rings. The van der Waals surface area contributed by atoms with Gasteiger partial charge in [-0.05, 0) is 30.2 Å². The van der Waals surface area contributed by atoms with Gasteiger partial charge in [-0.2, -0.15) is 65.9 Å². The second-order valence-corrected chi connectivity index (χ2v) is 9.80. The van der Waals surface area contributed by atoms with E-state index in [-0.39, 0.29) is 0 Å². The van der Waals surface area contributed by atoms with Gasteiger partial charge >= 0.3 is 41.7 Å². The van der Waals surface area contributed by atoms with Crippen LogP contribution < -0.4 is 0 Å². The van der Waals surface area contributed by atoms with E-state index in [0.29, 0.717) is 42.4 Å². The van der Waals surface area contributed by atoms with E-state index in [1.54, 1.807) is 0 Å². The van der Waals surface area contributed by atoms with Crippen molar-refractivity contribution in [2.45, 2.75) is 93.6 Å². The summed E-state index contributed by atoms with van der Waals surface area (Å²) in [6.45, 7) is 2.06. The molecule has 2 rings (SSSR count). The highest BCUT2D eigenvalue weighted by Gasteiger charge is 2.93. The molecule has 0 radical (unpaired) electrons. The average Bonchev–Trinajstić information content (AvgIpc) is 2.86. The van der Waals surface area contributed by atoms with Gasteiger partial charge in [0.1, 0.15) is 0 Å². The number of ketones is 1. The smallest absolute Gasteiger partial charge is 0.287 e. The summed E-state index contributed by atoms with van der Waals surface area (Å²) >= 11 is 0. The lowest BCUT2D eigenvalue weighted by atomic mass is 9.78. The van der Waals surface area contributed by atoms with Crippen LogP contribution in [0.4, 0.5) is 65.9 Å². The molecule has 0 N–H and O–H groups in total. The summed E-state index contributed by atoms with van der Waals surface area (Å²) in [5, 5.41) is 0. The Labute approximate surface area is 218 Å². The summed E-state index contributed by atoms with van der Waals surface area (Å²) in [4.78, 5) is 11.9. The van der Waals surface area contributed by atoms with Gasteiger partial charge in [0.2, 0.25) is 5.78 Å². The third-order valence-corrected chi connectivity index (χ3v) is 7.21. The van der Waals surface area contributed by atoms with Crippen molar-refractivity contribution < 1.29 is 70.7 Å². The second-order valence-electron chi connectivity index (χ2n) is 9.80. The molecular formula is C24H23F15O. The van der Waals surface area contributed by atoms with Gasteiger partial charge < -0.3 is 0 Å². The Balaban J connectivity index is 2.27. The van der Waals surface area contributed by atoms with Crippen molar-refractivity contribution in [2.24, 2.45) is 11.8 Å². The summed E-state index contributed by atoms with van der Waals surface area (Å²) in [6.07, 6.45) is -1.86. The molecule has 1 aliphatic carbocycles. The number of aryl methyl sites for hydroxylation is 1. The maximum atomic E-state index is 14.2. The molecule has 0 heterocycles. The van der Waals surface area contributed by atoms with Gasteiger partial charge in [-0.1, -0.05) is 63.3 Å². The van der Waals surface area contributed by atoms with Gasteiger partial charge in [0, 0.05) is 5.56 Å². The van der Waals surface area contributed by atoms with Crippen LogP contribution in [0, 0.1) is 11.8 Å². The van der Waals surface area contributed by atoms with E-state index < -0.39 is 53.1 Å². The Hall–Kier alpha value is -2.16. The van der Waals surface area contributed by atoms with Crippen molar-refractivity contribution in [3.63, 3.8) is 0 Å². The van der Waals surface area contributed by atoms with Crippen molar-refractivity contribution in [3.05, 3.63) is 35.4 Å². The fourth-order valence-electron chi connectivity index (χ4n) is 4.41. The summed E-state index contributed by atoms with van der Waals surface area (Å²) < 4.78 is 200. The Bertz CT molecular complexity index is 1020. The molecule has 0 atom stereocenters. The van der Waals surface area contributed by atoms with Crippen LogP contribution in [0.5, 0.6) is 0 Å². The topological polar surface area (TPSA) is 17.1 Å². The monoisotopic (exact) mass is 612 g/mol. The Morgan fingerprint density at radius 3 is 1.45 bits per heavy atom. The molecule has 16 heteroatoms. The van der Waals surface area contributed by atoms with Crippen LogP contribution in [-0.2, 0) is 6.42 Å². The number of hydrogen-bond acceptors (Lipinski definition) is 1. The van der Waals surface area contributed by atoms with Crippen molar-refractivity contribution >= 4 is 5.78 Å². The molecule has 40 heavy (non-hydrogen) atoms. The number of Topliss-reactive ketones (excluding diaryl/α,β-unsaturated/α-hetero) is 1. The number of hydrogen-bond donors (Lipinski definition) is 0. The first-order chi connectivity index (χ1) is 17.9. The van der Waals surface area contributed by atoms with Crippen LogP contribution >= 0.6 is 0 Å². The van der Waals surface area contributed by atoms with Crippen LogP contribution in [-0.4, -0.2) is 47.5 Å². The van der Waals surface area contributed by atoms with E-state index >= 15 is 0 Å². The predicted octanol–water partition coefficient (Wildman–Crippen LogP) is 9.39. The van der Waals surface area contributed by atoms with Crippen LogP contribution in [0.1, 0.15) is 61.4 Å². The number of carbonyl (C=O) groups excluding carboxylic acids is 1. The molecule has 0 aromatic heterocycles. The van der Waals surface area contributed by atoms with Crippen molar-refractivity contribution in [1.82, 2.24) is 0 Å². The highest BCUT2D eigenvalue weighted by Crippen LogP contribution is 2.62. The van der Waals surface area contributed by atoms with Crippen LogP contribution in [0.2, 0.25) is 0 Å². The standard InChI is InChI=1S/C24H23F15O/c1-2-13-3-5-14(6-4-13)7-8-15-9-11-16(12-10-15)17(40)18(25,26)19(27,28)20(29,30)21(31,32)22(33,34)23(35,36)24(37,38)39/h9-14H,2-8H2,1H3. The number of alkyl halides is 15. The molecule has 0 unspecified atom stereocenters. The fraction of sp³-hybridized carbons (Fsp3) is 0.708. The molecule has 0 saturated heterocycles. The normalized spacial score (nSPS) is 20.5. The minimum atomic E-state index is -8.42. The first-order valence-electron chi connectivity index (χ1n) is 11.9. The lowest BCUT2D eigenvalue weighted by Crippen LogP contribution is -2.73. The van der Waals surface area contributed by atoms with Crippen LogP contribution in [0.25, 0.3) is 0 Å². The summed E-state index contributed by atoms with van der Waals surface area (Å²) in [5.74, 6) is -50.3. The number of halogens is 15. The molecule has 1 aliphatic rings. The van der Waals surface area contributed by atoms with Crippen molar-refractivity contribution in [1.29, 1.82) is 0 Å². The average molecular weight is 612 g/mol. The largest absolute Gasteiger partial charge is 0.460 e. The summed E-state index contributed by atoms with van der Waals surface area (Å²) in [7, 11) is 0. The van der Waals surface area contributed by atoms with E-state index in [2.05, 4.69) is 6.92 Å². The molecule has 1 saturated carbocycles. The highest BCUT2D eigenvalue weighted by molar-refractivity contribution is 6.02. The minimum Gasteiger partial charge on any atom is -0.287 e. The van der Waals surface area contributed by atoms with Gasteiger partial charge in [-0.3, -0.25) is 4.79 Å². The van der Waals surface area contributed by atoms with Gasteiger partial charge in [-0.25, -0.2) is 0 Å². The summed E-state index contributed by atoms with van der Waals surface area (Å²) in [6, 6.07) is 2.81. The third kappa shape index (κ3) is 5.51. The molecule has 0 aliphatic heterocycles. The van der Waals surface area contributed by atoms with Gasteiger partial charge in [0.05, 0.1) is 0 Å². The Morgan fingerprint density at radius 1 is 0.625 bits per heavy atom. The number of benzene rings is 1. The minimum absolute atomic E-state index is 0.318. The lowest BCUT2D eigenvalue weighted by Gasteiger charge is -2.41. The van der Waals surface area contributed by atoms with Gasteiger partial charge in [-0.15, -0.1) is 0 Å². The Kier molecular flexibility index (Phi) is 9.29. The number of carbonyl (C=O) groups is 1. The molecule has 0 amide bonds. The molecular weight excluding hydrogens is 589 g/mol. The van der Waals surface area contributed by atoms with E-state index in [1.165, 1.54) is 0 Å². The van der Waals surface area contributed by atoms with E-state index in [4.69, 9.17) is 0 Å². The first-order valence-corrected chi connectivity index (χ1v) is 11.9. The zero-order chi connectivity index (χ0) is 31.2. The molecule has 0 bridgehead atoms. The van der Waals surface area contributed by atoms with Crippen LogP contribution in [0.3, 0.4) is 0 Å².